The lowest BCUT2D eigenvalue weighted by Crippen LogP contribution is -2.36. The SMILES string of the molecule is CCS(=O)(=O)CN[C@@H](C)COc1cc(F)cc(NC(=O)Nc2ccc(C)nc2)c1. The van der Waals surface area contributed by atoms with Gasteiger partial charge in [-0.1, -0.05) is 6.92 Å². The van der Waals surface area contributed by atoms with Crippen molar-refractivity contribution in [2.24, 2.45) is 0 Å². The van der Waals surface area contributed by atoms with Gasteiger partial charge in [0, 0.05) is 35.3 Å². The molecule has 0 aliphatic carbocycles. The average Bonchev–Trinajstić information content (AvgIpc) is 2.66. The predicted octanol–water partition coefficient (Wildman–Crippen LogP) is 2.92. The number of pyridine rings is 1. The highest BCUT2D eigenvalue weighted by Gasteiger charge is 2.11. The topological polar surface area (TPSA) is 109 Å². The van der Waals surface area contributed by atoms with E-state index in [4.69, 9.17) is 4.74 Å². The van der Waals surface area contributed by atoms with E-state index >= 15 is 0 Å². The van der Waals surface area contributed by atoms with Crippen LogP contribution in [0.4, 0.5) is 20.6 Å². The zero-order valence-electron chi connectivity index (χ0n) is 16.5. The maximum absolute atomic E-state index is 13.9. The standard InChI is InChI=1S/C19H25FN4O4S/c1-4-29(26,27)12-22-14(3)11-28-18-8-15(20)7-17(9-18)24-19(25)23-16-6-5-13(2)21-10-16/h5-10,14,22H,4,11-12H2,1-3H3,(H2,23,24,25)/t14-/m0/s1. The molecule has 2 rings (SSSR count). The van der Waals surface area contributed by atoms with E-state index in [0.717, 1.165) is 11.8 Å². The van der Waals surface area contributed by atoms with Crippen LogP contribution in [0.25, 0.3) is 0 Å². The van der Waals surface area contributed by atoms with Gasteiger partial charge in [-0.15, -0.1) is 0 Å². The van der Waals surface area contributed by atoms with Gasteiger partial charge in [0.25, 0.3) is 0 Å². The molecule has 8 nitrogen and oxygen atoms in total. The Balaban J connectivity index is 1.91. The molecule has 0 radical (unpaired) electrons. The molecule has 10 heteroatoms. The molecule has 2 aromatic rings. The Hall–Kier alpha value is -2.72. The smallest absolute Gasteiger partial charge is 0.323 e. The summed E-state index contributed by atoms with van der Waals surface area (Å²) in [4.78, 5) is 16.2. The Bertz CT molecular complexity index is 936. The van der Waals surface area contributed by atoms with Crippen LogP contribution in [0.5, 0.6) is 5.75 Å². The van der Waals surface area contributed by atoms with Crippen molar-refractivity contribution >= 4 is 27.2 Å². The van der Waals surface area contributed by atoms with Crippen molar-refractivity contribution in [2.45, 2.75) is 26.8 Å². The summed E-state index contributed by atoms with van der Waals surface area (Å²) in [6.45, 7) is 5.29. The summed E-state index contributed by atoms with van der Waals surface area (Å²) in [5, 5.41) is 7.98. The molecule has 0 bridgehead atoms. The van der Waals surface area contributed by atoms with Gasteiger partial charge in [-0.2, -0.15) is 0 Å². The molecule has 3 N–H and O–H groups in total. The number of hydrogen-bond donors (Lipinski definition) is 3. The van der Waals surface area contributed by atoms with Crippen LogP contribution < -0.4 is 20.7 Å². The fourth-order valence-corrected chi connectivity index (χ4v) is 2.95. The van der Waals surface area contributed by atoms with Crippen molar-refractivity contribution in [3.63, 3.8) is 0 Å². The third kappa shape index (κ3) is 8.04. The molecule has 1 aromatic heterocycles. The molecule has 1 aromatic carbocycles. The number of nitrogens with zero attached hydrogens (tertiary/aromatic N) is 1. The van der Waals surface area contributed by atoms with E-state index in [2.05, 4.69) is 20.9 Å². The maximum Gasteiger partial charge on any atom is 0.323 e. The number of nitrogens with one attached hydrogen (secondary N) is 3. The number of hydrogen-bond acceptors (Lipinski definition) is 6. The van der Waals surface area contributed by atoms with Crippen molar-refractivity contribution in [2.75, 3.05) is 28.9 Å². The lowest BCUT2D eigenvalue weighted by molar-refractivity contribution is 0.262. The van der Waals surface area contributed by atoms with Crippen LogP contribution in [0.3, 0.4) is 0 Å². The second-order valence-corrected chi connectivity index (χ2v) is 8.89. The summed E-state index contributed by atoms with van der Waals surface area (Å²) in [6.07, 6.45) is 1.52. The van der Waals surface area contributed by atoms with Crippen molar-refractivity contribution < 1.29 is 22.3 Å². The molecular formula is C19H25FN4O4S. The van der Waals surface area contributed by atoms with E-state index in [9.17, 15) is 17.6 Å². The first kappa shape index (κ1) is 22.6. The number of carbonyl (C=O) groups is 1. The van der Waals surface area contributed by atoms with Crippen LogP contribution in [-0.2, 0) is 9.84 Å². The minimum atomic E-state index is -3.14. The monoisotopic (exact) mass is 424 g/mol. The fourth-order valence-electron chi connectivity index (χ4n) is 2.20. The lowest BCUT2D eigenvalue weighted by Gasteiger charge is -2.16. The van der Waals surface area contributed by atoms with Crippen LogP contribution in [-0.4, -0.2) is 43.7 Å². The van der Waals surface area contributed by atoms with Gasteiger partial charge < -0.3 is 15.4 Å². The van der Waals surface area contributed by atoms with E-state index in [1.54, 1.807) is 26.0 Å². The van der Waals surface area contributed by atoms with Gasteiger partial charge in [-0.3, -0.25) is 10.3 Å². The largest absolute Gasteiger partial charge is 0.492 e. The van der Waals surface area contributed by atoms with E-state index in [1.165, 1.54) is 18.3 Å². The number of anilines is 2. The number of ether oxygens (including phenoxy) is 1. The summed E-state index contributed by atoms with van der Waals surface area (Å²) in [5.41, 5.74) is 1.54. The van der Waals surface area contributed by atoms with Crippen molar-refractivity contribution in [3.8, 4) is 5.75 Å². The normalized spacial score (nSPS) is 12.3. The second kappa shape index (κ2) is 10.2. The van der Waals surface area contributed by atoms with Gasteiger partial charge in [-0.05, 0) is 32.0 Å². The van der Waals surface area contributed by atoms with E-state index in [0.29, 0.717) is 5.69 Å². The van der Waals surface area contributed by atoms with E-state index in [-0.39, 0.29) is 35.7 Å². The highest BCUT2D eigenvalue weighted by atomic mass is 32.2. The Morgan fingerprint density at radius 3 is 2.59 bits per heavy atom. The fraction of sp³-hybridized carbons (Fsp3) is 0.368. The molecule has 1 heterocycles. The lowest BCUT2D eigenvalue weighted by atomic mass is 10.3. The third-order valence-corrected chi connectivity index (χ3v) is 5.38. The summed E-state index contributed by atoms with van der Waals surface area (Å²) in [5.74, 6) is -0.473. The third-order valence-electron chi connectivity index (χ3n) is 3.89. The first-order chi connectivity index (χ1) is 13.7. The van der Waals surface area contributed by atoms with Gasteiger partial charge in [0.2, 0.25) is 0 Å². The molecule has 0 saturated heterocycles. The second-order valence-electron chi connectivity index (χ2n) is 6.54. The number of aromatic nitrogens is 1. The number of rotatable bonds is 9. The Labute approximate surface area is 169 Å². The molecule has 0 aliphatic heterocycles. The van der Waals surface area contributed by atoms with Crippen molar-refractivity contribution in [1.82, 2.24) is 10.3 Å². The number of benzene rings is 1. The Kier molecular flexibility index (Phi) is 7.91. The summed E-state index contributed by atoms with van der Waals surface area (Å²) < 4.78 is 42.4. The van der Waals surface area contributed by atoms with Gasteiger partial charge in [0.1, 0.15) is 18.2 Å². The van der Waals surface area contributed by atoms with Crippen LogP contribution >= 0.6 is 0 Å². The Morgan fingerprint density at radius 2 is 1.93 bits per heavy atom. The first-order valence-electron chi connectivity index (χ1n) is 9.04. The number of urea groups is 1. The number of halogens is 1. The summed E-state index contributed by atoms with van der Waals surface area (Å²) in [7, 11) is -3.14. The van der Waals surface area contributed by atoms with E-state index in [1.807, 2.05) is 6.92 Å². The quantitative estimate of drug-likeness (QED) is 0.571. The molecule has 2 amide bonds. The number of carbonyl (C=O) groups excluding carboxylic acids is 1. The highest BCUT2D eigenvalue weighted by molar-refractivity contribution is 7.91. The van der Waals surface area contributed by atoms with E-state index < -0.39 is 21.7 Å². The number of amides is 2. The molecule has 0 unspecified atom stereocenters. The molecule has 0 saturated carbocycles. The molecular weight excluding hydrogens is 399 g/mol. The van der Waals surface area contributed by atoms with Crippen LogP contribution in [0.2, 0.25) is 0 Å². The molecule has 0 spiro atoms. The number of aryl methyl sites for hydroxylation is 1. The van der Waals surface area contributed by atoms with Gasteiger partial charge >= 0.3 is 6.03 Å². The average molecular weight is 424 g/mol. The van der Waals surface area contributed by atoms with Crippen molar-refractivity contribution in [3.05, 3.63) is 48.0 Å². The minimum Gasteiger partial charge on any atom is -0.492 e. The minimum absolute atomic E-state index is 0.0488. The molecule has 1 atom stereocenters. The van der Waals surface area contributed by atoms with Crippen LogP contribution in [0, 0.1) is 12.7 Å². The maximum atomic E-state index is 13.9. The molecule has 158 valence electrons. The molecule has 0 fully saturated rings. The highest BCUT2D eigenvalue weighted by Crippen LogP contribution is 2.21. The first-order valence-corrected chi connectivity index (χ1v) is 10.9. The predicted molar refractivity (Wildman–Crippen MR) is 110 cm³/mol. The summed E-state index contributed by atoms with van der Waals surface area (Å²) >= 11 is 0. The zero-order chi connectivity index (χ0) is 21.4. The number of sulfone groups is 1. The van der Waals surface area contributed by atoms with Crippen LogP contribution in [0.15, 0.2) is 36.5 Å². The zero-order valence-corrected chi connectivity index (χ0v) is 17.3. The Morgan fingerprint density at radius 1 is 1.21 bits per heavy atom. The molecule has 29 heavy (non-hydrogen) atoms. The molecule has 0 aliphatic rings. The van der Waals surface area contributed by atoms with Crippen LogP contribution in [0.1, 0.15) is 19.5 Å². The van der Waals surface area contributed by atoms with Gasteiger partial charge in [-0.25, -0.2) is 17.6 Å². The van der Waals surface area contributed by atoms with Gasteiger partial charge in [0.05, 0.1) is 17.8 Å². The van der Waals surface area contributed by atoms with Crippen molar-refractivity contribution in [1.29, 1.82) is 0 Å². The summed E-state index contributed by atoms with van der Waals surface area (Å²) in [6, 6.07) is 6.46. The van der Waals surface area contributed by atoms with Gasteiger partial charge in [0.15, 0.2) is 9.84 Å².